The molecule has 3 aromatic carbocycles. The molecule has 2 aliphatic heterocycles. The molecule has 0 fully saturated rings. The van der Waals surface area contributed by atoms with E-state index in [-0.39, 0.29) is 30.0 Å². The van der Waals surface area contributed by atoms with E-state index >= 15 is 0 Å². The number of rotatable bonds is 6. The number of amides is 1. The number of aromatic amines is 2. The van der Waals surface area contributed by atoms with E-state index in [9.17, 15) is 34.2 Å². The zero-order valence-corrected chi connectivity index (χ0v) is 27.8. The number of H-pyrrole nitrogens is 2. The molecule has 0 saturated carbocycles. The Balaban J connectivity index is 0.000000192. The van der Waals surface area contributed by atoms with Gasteiger partial charge in [0.1, 0.15) is 24.3 Å². The molecular formula is C36H32N6O10. The molecule has 266 valence electrons. The number of fused-ring (bicyclic) bond motifs is 2. The molecule has 7 rings (SSSR count). The zero-order chi connectivity index (χ0) is 36.9. The van der Waals surface area contributed by atoms with Crippen molar-refractivity contribution in [1.29, 1.82) is 0 Å². The summed E-state index contributed by atoms with van der Waals surface area (Å²) in [7, 11) is 2.27. The van der Waals surface area contributed by atoms with Gasteiger partial charge in [0.05, 0.1) is 25.9 Å². The first-order valence-electron chi connectivity index (χ1n) is 15.8. The largest absolute Gasteiger partial charge is 0.501 e. The van der Waals surface area contributed by atoms with Gasteiger partial charge in [0, 0.05) is 18.5 Å². The Morgan fingerprint density at radius 1 is 0.750 bits per heavy atom. The van der Waals surface area contributed by atoms with Gasteiger partial charge in [-0.3, -0.25) is 14.5 Å². The lowest BCUT2D eigenvalue weighted by Gasteiger charge is -2.24. The predicted octanol–water partition coefficient (Wildman–Crippen LogP) is 3.67. The van der Waals surface area contributed by atoms with E-state index in [1.165, 1.54) is 4.90 Å². The van der Waals surface area contributed by atoms with E-state index in [0.717, 1.165) is 36.6 Å². The van der Waals surface area contributed by atoms with Crippen molar-refractivity contribution in [3.05, 3.63) is 139 Å². The molecule has 5 aromatic rings. The highest BCUT2D eigenvalue weighted by Crippen LogP contribution is 2.40. The van der Waals surface area contributed by atoms with Gasteiger partial charge < -0.3 is 39.7 Å². The second kappa shape index (κ2) is 14.9. The molecule has 0 aliphatic carbocycles. The molecule has 2 aromatic heterocycles. The fourth-order valence-electron chi connectivity index (χ4n) is 5.85. The summed E-state index contributed by atoms with van der Waals surface area (Å²) < 4.78 is 14.6. The van der Waals surface area contributed by atoms with Gasteiger partial charge in [-0.15, -0.1) is 0 Å². The van der Waals surface area contributed by atoms with Crippen LogP contribution in [0.3, 0.4) is 0 Å². The Labute approximate surface area is 294 Å². The number of carbonyl (C=O) groups is 3. The van der Waals surface area contributed by atoms with Gasteiger partial charge in [0.15, 0.2) is 11.4 Å². The first-order valence-corrected chi connectivity index (χ1v) is 15.8. The second-order valence-electron chi connectivity index (χ2n) is 11.6. The SMILES string of the molecule is COC(=O)c1nc(C2Cc3ccccc3N2)[nH]c(=O)c1O.COC(=O)c1nc(C2Cc3ccccc3N2C(=O)OCc2ccccc2)[nH]c(=O)c1O. The van der Waals surface area contributed by atoms with Crippen LogP contribution in [0.4, 0.5) is 16.2 Å². The van der Waals surface area contributed by atoms with Crippen molar-refractivity contribution in [2.75, 3.05) is 24.4 Å². The Morgan fingerprint density at radius 3 is 1.94 bits per heavy atom. The van der Waals surface area contributed by atoms with Crippen LogP contribution in [0.5, 0.6) is 11.5 Å². The van der Waals surface area contributed by atoms with Crippen molar-refractivity contribution in [2.45, 2.75) is 31.5 Å². The van der Waals surface area contributed by atoms with Crippen molar-refractivity contribution in [1.82, 2.24) is 19.9 Å². The molecular weight excluding hydrogens is 676 g/mol. The highest BCUT2D eigenvalue weighted by molar-refractivity contribution is 5.92. The first-order chi connectivity index (χ1) is 25.1. The molecule has 0 saturated heterocycles. The molecule has 16 nitrogen and oxygen atoms in total. The Kier molecular flexibility index (Phi) is 9.98. The molecule has 4 heterocycles. The van der Waals surface area contributed by atoms with Gasteiger partial charge in [-0.25, -0.2) is 24.4 Å². The van der Waals surface area contributed by atoms with Gasteiger partial charge in [-0.1, -0.05) is 66.7 Å². The summed E-state index contributed by atoms with van der Waals surface area (Å²) in [5.41, 5.74) is 1.76. The lowest BCUT2D eigenvalue weighted by atomic mass is 10.1. The van der Waals surface area contributed by atoms with E-state index in [2.05, 4.69) is 34.7 Å². The number of aromatic hydroxyl groups is 2. The van der Waals surface area contributed by atoms with Gasteiger partial charge in [0.2, 0.25) is 11.5 Å². The van der Waals surface area contributed by atoms with E-state index < -0.39 is 52.4 Å². The van der Waals surface area contributed by atoms with Crippen LogP contribution in [0, 0.1) is 0 Å². The van der Waals surface area contributed by atoms with Crippen LogP contribution in [0.25, 0.3) is 0 Å². The molecule has 0 spiro atoms. The Morgan fingerprint density at radius 2 is 1.31 bits per heavy atom. The summed E-state index contributed by atoms with van der Waals surface area (Å²) in [6.45, 7) is 0.0675. The van der Waals surface area contributed by atoms with E-state index in [0.29, 0.717) is 18.5 Å². The fraction of sp³-hybridized carbons (Fsp3) is 0.194. The minimum absolute atomic E-state index is 0.0380. The molecule has 5 N–H and O–H groups in total. The Hall–Kier alpha value is -6.97. The number of aromatic nitrogens is 4. The highest BCUT2D eigenvalue weighted by atomic mass is 16.6. The molecule has 0 bridgehead atoms. The standard InChI is InChI=1S/C22H19N3O6.C14H13N3O4/c1-30-21(28)17-18(26)20(27)24-19(23-17)16-11-14-9-5-6-10-15(14)25(16)22(29)31-12-13-7-3-2-4-8-13;1-21-14(20)10-11(18)13(19)17-12(16-10)9-6-7-4-2-3-5-8(7)15-9/h2-10,16,26H,11-12H2,1H3,(H,23,24,27);2-5,9,15,18H,6H2,1H3,(H,16,17,19). The van der Waals surface area contributed by atoms with Crippen LogP contribution in [0.2, 0.25) is 0 Å². The monoisotopic (exact) mass is 708 g/mol. The van der Waals surface area contributed by atoms with E-state index in [1.54, 1.807) is 12.1 Å². The minimum atomic E-state index is -0.960. The molecule has 1 amide bonds. The molecule has 0 radical (unpaired) electrons. The topological polar surface area (TPSA) is 226 Å². The number of anilines is 2. The minimum Gasteiger partial charge on any atom is -0.501 e. The molecule has 16 heteroatoms. The number of hydrogen-bond donors (Lipinski definition) is 5. The quantitative estimate of drug-likeness (QED) is 0.126. The van der Waals surface area contributed by atoms with Crippen molar-refractivity contribution < 1.29 is 38.8 Å². The third kappa shape index (κ3) is 7.02. The molecule has 2 aliphatic rings. The van der Waals surface area contributed by atoms with Gasteiger partial charge in [0.25, 0.3) is 11.1 Å². The highest BCUT2D eigenvalue weighted by Gasteiger charge is 2.38. The number of para-hydroxylation sites is 2. The van der Waals surface area contributed by atoms with Crippen LogP contribution in [0.15, 0.2) is 88.5 Å². The average molecular weight is 709 g/mol. The number of hydrogen-bond acceptors (Lipinski definition) is 13. The number of nitrogens with zero attached hydrogens (tertiary/aromatic N) is 3. The van der Waals surface area contributed by atoms with Gasteiger partial charge >= 0.3 is 18.0 Å². The maximum Gasteiger partial charge on any atom is 0.415 e. The van der Waals surface area contributed by atoms with Crippen LogP contribution in [0.1, 0.15) is 61.4 Å². The normalized spacial score (nSPS) is 15.3. The summed E-state index contributed by atoms with van der Waals surface area (Å²) in [6.07, 6.45) is 0.337. The molecule has 2 unspecified atom stereocenters. The average Bonchev–Trinajstić information content (AvgIpc) is 3.78. The number of benzene rings is 3. The smallest absolute Gasteiger partial charge is 0.415 e. The summed E-state index contributed by atoms with van der Waals surface area (Å²) in [6, 6.07) is 23.2. The summed E-state index contributed by atoms with van der Waals surface area (Å²) in [5.74, 6) is -3.06. The van der Waals surface area contributed by atoms with E-state index in [4.69, 9.17) is 4.74 Å². The molecule has 52 heavy (non-hydrogen) atoms. The second-order valence-corrected chi connectivity index (χ2v) is 11.6. The van der Waals surface area contributed by atoms with Crippen molar-refractivity contribution in [3.8, 4) is 11.5 Å². The van der Waals surface area contributed by atoms with Crippen molar-refractivity contribution in [2.24, 2.45) is 0 Å². The number of esters is 2. The van der Waals surface area contributed by atoms with Crippen LogP contribution < -0.4 is 21.3 Å². The summed E-state index contributed by atoms with van der Waals surface area (Å²) in [4.78, 5) is 74.9. The third-order valence-electron chi connectivity index (χ3n) is 8.38. The van der Waals surface area contributed by atoms with Crippen molar-refractivity contribution in [3.63, 3.8) is 0 Å². The fourth-order valence-corrected chi connectivity index (χ4v) is 5.85. The van der Waals surface area contributed by atoms with Gasteiger partial charge in [-0.05, 0) is 28.8 Å². The van der Waals surface area contributed by atoms with Crippen LogP contribution in [-0.2, 0) is 33.7 Å². The van der Waals surface area contributed by atoms with Gasteiger partial charge in [-0.2, -0.15) is 0 Å². The third-order valence-corrected chi connectivity index (χ3v) is 8.38. The number of methoxy groups -OCH3 is 2. The lowest BCUT2D eigenvalue weighted by molar-refractivity contribution is 0.0580. The number of nitrogens with one attached hydrogen (secondary N) is 3. The number of carbonyl (C=O) groups excluding carboxylic acids is 3. The lowest BCUT2D eigenvalue weighted by Crippen LogP contribution is -2.35. The number of ether oxygens (including phenoxy) is 3. The van der Waals surface area contributed by atoms with E-state index in [1.807, 2.05) is 66.7 Å². The zero-order valence-electron chi connectivity index (χ0n) is 27.8. The predicted molar refractivity (Wildman–Crippen MR) is 184 cm³/mol. The maximum absolute atomic E-state index is 13.0. The maximum atomic E-state index is 13.0. The summed E-state index contributed by atoms with van der Waals surface area (Å²) >= 11 is 0. The van der Waals surface area contributed by atoms with Crippen LogP contribution >= 0.6 is 0 Å². The molecule has 2 atom stereocenters. The first kappa shape index (κ1) is 34.9. The van der Waals surface area contributed by atoms with Crippen LogP contribution in [-0.4, -0.2) is 62.4 Å². The Bertz CT molecular complexity index is 2250. The summed E-state index contributed by atoms with van der Waals surface area (Å²) in [5, 5.41) is 22.7. The van der Waals surface area contributed by atoms with Crippen molar-refractivity contribution >= 4 is 29.4 Å².